The number of piperazine rings is 1. The van der Waals surface area contributed by atoms with Crippen molar-refractivity contribution in [1.29, 1.82) is 0 Å². The van der Waals surface area contributed by atoms with E-state index in [2.05, 4.69) is 61.1 Å². The molecule has 182 valence electrons. The molecule has 0 saturated carbocycles. The Morgan fingerprint density at radius 2 is 1.91 bits per heavy atom. The molecule has 0 radical (unpaired) electrons. The third-order valence-electron chi connectivity index (χ3n) is 7.46. The molecule has 1 atom stereocenters. The van der Waals surface area contributed by atoms with Crippen LogP contribution in [0, 0.1) is 0 Å². The second kappa shape index (κ2) is 9.39. The van der Waals surface area contributed by atoms with E-state index in [4.69, 9.17) is 15.0 Å². The molecule has 5 heterocycles. The first kappa shape index (κ1) is 22.2. The smallest absolute Gasteiger partial charge is 0.211 e. The summed E-state index contributed by atoms with van der Waals surface area (Å²) in [5, 5.41) is 0. The molecule has 6 rings (SSSR count). The fraction of sp³-hybridized carbons (Fsp3) is 0.462. The zero-order valence-corrected chi connectivity index (χ0v) is 20.6. The van der Waals surface area contributed by atoms with E-state index in [0.717, 1.165) is 75.2 Å². The van der Waals surface area contributed by atoms with Gasteiger partial charge in [0.2, 0.25) is 5.95 Å². The lowest BCUT2D eigenvalue weighted by atomic mass is 9.91. The molecule has 1 fully saturated rings. The van der Waals surface area contributed by atoms with Gasteiger partial charge in [-0.3, -0.25) is 19.2 Å². The molecule has 2 aliphatic rings. The first-order chi connectivity index (χ1) is 17.2. The van der Waals surface area contributed by atoms with Crippen LogP contribution in [0.3, 0.4) is 0 Å². The number of aromatic nitrogens is 6. The fourth-order valence-corrected chi connectivity index (χ4v) is 5.50. The van der Waals surface area contributed by atoms with Crippen molar-refractivity contribution in [2.24, 2.45) is 7.05 Å². The van der Waals surface area contributed by atoms with Gasteiger partial charge >= 0.3 is 0 Å². The van der Waals surface area contributed by atoms with Gasteiger partial charge in [-0.25, -0.2) is 15.0 Å². The van der Waals surface area contributed by atoms with Gasteiger partial charge in [-0.1, -0.05) is 6.07 Å². The Balaban J connectivity index is 1.16. The highest BCUT2D eigenvalue weighted by Gasteiger charge is 2.26. The van der Waals surface area contributed by atoms with Gasteiger partial charge in [0.1, 0.15) is 11.5 Å². The highest BCUT2D eigenvalue weighted by atomic mass is 15.3. The van der Waals surface area contributed by atoms with Crippen LogP contribution >= 0.6 is 0 Å². The Bertz CT molecular complexity index is 1300. The summed E-state index contributed by atoms with van der Waals surface area (Å²) in [6.07, 6.45) is 13.3. The van der Waals surface area contributed by atoms with Crippen LogP contribution in [0.5, 0.6) is 0 Å². The Hall–Kier alpha value is -3.30. The van der Waals surface area contributed by atoms with Crippen molar-refractivity contribution in [3.63, 3.8) is 0 Å². The van der Waals surface area contributed by atoms with E-state index in [1.54, 1.807) is 0 Å². The van der Waals surface area contributed by atoms with Gasteiger partial charge < -0.3 is 9.47 Å². The number of aryl methyl sites for hydroxylation is 2. The first-order valence-electron chi connectivity index (χ1n) is 12.6. The van der Waals surface area contributed by atoms with E-state index in [9.17, 15) is 0 Å². The second-order valence-electron chi connectivity index (χ2n) is 9.79. The number of hydrogen-bond acceptors (Lipinski definition) is 7. The van der Waals surface area contributed by atoms with Crippen LogP contribution in [-0.4, -0.2) is 71.9 Å². The lowest BCUT2D eigenvalue weighted by molar-refractivity contribution is 0.206. The van der Waals surface area contributed by atoms with Crippen molar-refractivity contribution in [1.82, 2.24) is 38.7 Å². The van der Waals surface area contributed by atoms with Crippen LogP contribution in [0.2, 0.25) is 0 Å². The Morgan fingerprint density at radius 1 is 1.03 bits per heavy atom. The van der Waals surface area contributed by atoms with Crippen LogP contribution in [0.4, 0.5) is 5.95 Å². The quantitative estimate of drug-likeness (QED) is 0.428. The van der Waals surface area contributed by atoms with E-state index < -0.39 is 0 Å². The van der Waals surface area contributed by atoms with Crippen LogP contribution in [0.15, 0.2) is 49.2 Å². The van der Waals surface area contributed by atoms with Crippen molar-refractivity contribution in [3.05, 3.63) is 72.0 Å². The molecule has 35 heavy (non-hydrogen) atoms. The molecule has 4 aromatic heterocycles. The molecular formula is C26H33N9. The summed E-state index contributed by atoms with van der Waals surface area (Å²) < 4.78 is 4.26. The molecule has 0 amide bonds. The van der Waals surface area contributed by atoms with Gasteiger partial charge in [-0.2, -0.15) is 0 Å². The van der Waals surface area contributed by atoms with Crippen molar-refractivity contribution in [2.75, 3.05) is 38.1 Å². The molecule has 1 aliphatic heterocycles. The Labute approximate surface area is 206 Å². The number of pyridine rings is 1. The molecule has 9 nitrogen and oxygen atoms in total. The van der Waals surface area contributed by atoms with E-state index in [1.165, 1.54) is 17.7 Å². The van der Waals surface area contributed by atoms with E-state index in [-0.39, 0.29) is 0 Å². The number of nitrogens with zero attached hydrogens (tertiary/aromatic N) is 9. The molecule has 1 saturated heterocycles. The van der Waals surface area contributed by atoms with Gasteiger partial charge in [0.15, 0.2) is 0 Å². The van der Waals surface area contributed by atoms with Crippen molar-refractivity contribution < 1.29 is 0 Å². The summed E-state index contributed by atoms with van der Waals surface area (Å²) in [7, 11) is 4.25. The fourth-order valence-electron chi connectivity index (χ4n) is 5.50. The molecule has 0 aromatic carbocycles. The van der Waals surface area contributed by atoms with Gasteiger partial charge in [-0.15, -0.1) is 0 Å². The first-order valence-corrected chi connectivity index (χ1v) is 12.6. The third-order valence-corrected chi connectivity index (χ3v) is 7.46. The summed E-state index contributed by atoms with van der Waals surface area (Å²) in [6, 6.07) is 6.62. The minimum atomic E-state index is 0.342. The summed E-state index contributed by atoms with van der Waals surface area (Å²) >= 11 is 0. The van der Waals surface area contributed by atoms with E-state index >= 15 is 0 Å². The zero-order valence-electron chi connectivity index (χ0n) is 20.6. The highest BCUT2D eigenvalue weighted by molar-refractivity contribution is 5.48. The summed E-state index contributed by atoms with van der Waals surface area (Å²) in [5.74, 6) is 2.09. The summed E-state index contributed by atoms with van der Waals surface area (Å²) in [5.41, 5.74) is 4.64. The maximum Gasteiger partial charge on any atom is 0.211 e. The predicted molar refractivity (Wildman–Crippen MR) is 135 cm³/mol. The zero-order chi connectivity index (χ0) is 23.8. The summed E-state index contributed by atoms with van der Waals surface area (Å²) in [6.45, 7) is 5.53. The highest BCUT2D eigenvalue weighted by Crippen LogP contribution is 2.32. The van der Waals surface area contributed by atoms with Crippen molar-refractivity contribution >= 4 is 11.6 Å². The van der Waals surface area contributed by atoms with E-state index in [1.807, 2.05) is 30.9 Å². The predicted octanol–water partition coefficient (Wildman–Crippen LogP) is 2.69. The SMILES string of the molecule is CN(Cc1cn2c(N3CCN(Cc4nccn4C)CC3)nccc2n1)C1CCCc2cccnc21. The molecular weight excluding hydrogens is 438 g/mol. The van der Waals surface area contributed by atoms with Gasteiger partial charge in [0, 0.05) is 70.8 Å². The lowest BCUT2D eigenvalue weighted by Crippen LogP contribution is -2.47. The maximum absolute atomic E-state index is 4.95. The maximum atomic E-state index is 4.95. The average Bonchev–Trinajstić information content (AvgIpc) is 3.49. The topological polar surface area (TPSA) is 70.6 Å². The third kappa shape index (κ3) is 4.41. The number of hydrogen-bond donors (Lipinski definition) is 0. The van der Waals surface area contributed by atoms with Gasteiger partial charge in [0.25, 0.3) is 0 Å². The summed E-state index contributed by atoms with van der Waals surface area (Å²) in [4.78, 5) is 26.1. The number of rotatable bonds is 6. The van der Waals surface area contributed by atoms with Crippen LogP contribution in [-0.2, 0) is 26.6 Å². The van der Waals surface area contributed by atoms with E-state index in [0.29, 0.717) is 6.04 Å². The standard InChI is InChI=1S/C26H33N9/c1-31-12-11-27-24(31)19-33-13-15-34(16-14-33)26-29-10-8-23-30-21(18-35(23)26)17-32(2)22-7-3-5-20-6-4-9-28-25(20)22/h4,6,8-12,18,22H,3,5,7,13-17,19H2,1-2H3. The molecule has 1 unspecified atom stereocenters. The van der Waals surface area contributed by atoms with Crippen molar-refractivity contribution in [2.45, 2.75) is 38.4 Å². The normalized spacial score (nSPS) is 18.9. The largest absolute Gasteiger partial charge is 0.339 e. The van der Waals surface area contributed by atoms with Crippen LogP contribution in [0.1, 0.15) is 41.7 Å². The number of anilines is 1. The van der Waals surface area contributed by atoms with Crippen molar-refractivity contribution in [3.8, 4) is 0 Å². The number of fused-ring (bicyclic) bond motifs is 2. The van der Waals surface area contributed by atoms with Crippen LogP contribution in [0.25, 0.3) is 5.65 Å². The molecule has 1 aliphatic carbocycles. The molecule has 0 N–H and O–H groups in total. The Morgan fingerprint density at radius 3 is 2.74 bits per heavy atom. The minimum absolute atomic E-state index is 0.342. The molecule has 0 spiro atoms. The monoisotopic (exact) mass is 471 g/mol. The second-order valence-corrected chi connectivity index (χ2v) is 9.79. The molecule has 9 heteroatoms. The molecule has 0 bridgehead atoms. The average molecular weight is 472 g/mol. The number of imidazole rings is 2. The Kier molecular flexibility index (Phi) is 5.95. The lowest BCUT2D eigenvalue weighted by Gasteiger charge is -2.35. The van der Waals surface area contributed by atoms with Crippen LogP contribution < -0.4 is 4.90 Å². The van der Waals surface area contributed by atoms with Gasteiger partial charge in [0.05, 0.1) is 24.0 Å². The van der Waals surface area contributed by atoms with Gasteiger partial charge in [-0.05, 0) is 44.0 Å². The molecule has 4 aromatic rings. The minimum Gasteiger partial charge on any atom is -0.339 e.